The first-order valence-corrected chi connectivity index (χ1v) is 11.5. The first kappa shape index (κ1) is 24.8. The molecule has 2 amide bonds. The second-order valence-electron chi connectivity index (χ2n) is 9.85. The molecule has 0 aliphatic carbocycles. The largest absolute Gasteiger partial charge is 0.444 e. The fourth-order valence-electron chi connectivity index (χ4n) is 4.56. The average Bonchev–Trinajstić information content (AvgIpc) is 3.37. The van der Waals surface area contributed by atoms with Crippen molar-refractivity contribution in [1.82, 2.24) is 19.7 Å². The smallest absolute Gasteiger partial charge is 0.430 e. The van der Waals surface area contributed by atoms with Gasteiger partial charge in [0.15, 0.2) is 0 Å². The number of hydrogen-bond donors (Lipinski definition) is 1. The number of likely N-dealkylation sites (tertiary alicyclic amines) is 1. The van der Waals surface area contributed by atoms with Crippen molar-refractivity contribution >= 4 is 28.9 Å². The maximum Gasteiger partial charge on any atom is 0.430 e. The summed E-state index contributed by atoms with van der Waals surface area (Å²) in [6, 6.07) is 7.13. The maximum absolute atomic E-state index is 15.3. The van der Waals surface area contributed by atoms with Crippen LogP contribution >= 0.6 is 0 Å². The quantitative estimate of drug-likeness (QED) is 0.454. The van der Waals surface area contributed by atoms with Gasteiger partial charge in [0.2, 0.25) is 6.10 Å². The minimum absolute atomic E-state index is 0.0275. The van der Waals surface area contributed by atoms with E-state index in [0.717, 1.165) is 0 Å². The predicted octanol–water partition coefficient (Wildman–Crippen LogP) is 5.39. The van der Waals surface area contributed by atoms with Crippen LogP contribution in [0.15, 0.2) is 36.5 Å². The Hall–Kier alpha value is -3.90. The lowest BCUT2D eigenvalue weighted by atomic mass is 9.97. The Morgan fingerprint density at radius 1 is 1.16 bits per heavy atom. The number of aromatic nitrogens is 3. The number of amides is 2. The lowest BCUT2D eigenvalue weighted by molar-refractivity contribution is -0.206. The van der Waals surface area contributed by atoms with E-state index >= 15 is 4.39 Å². The molecule has 1 aromatic carbocycles. The number of fused-ring (bicyclic) bond motifs is 2. The number of nitrogens with zero attached hydrogens (tertiary/aromatic N) is 4. The number of rotatable bonds is 2. The van der Waals surface area contributed by atoms with Gasteiger partial charge in [-0.05, 0) is 32.9 Å². The highest BCUT2D eigenvalue weighted by Crippen LogP contribution is 2.46. The van der Waals surface area contributed by atoms with Crippen molar-refractivity contribution in [2.45, 2.75) is 50.9 Å². The third-order valence-corrected chi connectivity index (χ3v) is 6.05. The molecular weight excluding hydrogens is 498 g/mol. The van der Waals surface area contributed by atoms with Gasteiger partial charge in [-0.3, -0.25) is 10.00 Å². The first-order chi connectivity index (χ1) is 17.3. The van der Waals surface area contributed by atoms with E-state index in [1.807, 2.05) is 0 Å². The van der Waals surface area contributed by atoms with Gasteiger partial charge in [0.1, 0.15) is 29.3 Å². The van der Waals surface area contributed by atoms with Crippen LogP contribution in [-0.4, -0.2) is 62.9 Å². The van der Waals surface area contributed by atoms with Crippen LogP contribution in [0, 0.1) is 0 Å². The van der Waals surface area contributed by atoms with Crippen LogP contribution < -0.4 is 5.32 Å². The predicted molar refractivity (Wildman–Crippen MR) is 124 cm³/mol. The number of cyclic esters (lactones) is 1. The summed E-state index contributed by atoms with van der Waals surface area (Å²) in [5.41, 5.74) is -0.542. The Kier molecular flexibility index (Phi) is 5.76. The molecule has 0 radical (unpaired) electrons. The molecule has 13 heteroatoms. The van der Waals surface area contributed by atoms with Crippen molar-refractivity contribution in [3.63, 3.8) is 0 Å². The second-order valence-corrected chi connectivity index (χ2v) is 9.85. The van der Waals surface area contributed by atoms with E-state index in [1.165, 1.54) is 21.8 Å². The molecule has 2 aliphatic rings. The standard InChI is InChI=1S/C24H23F4N5O4/c1-23(2,3)37-22(35)32-10-14(25)16(11-32)33-15-7-5-4-6-12(15)18(31-33)13-8-9-29-20-17(13)19(24(26,27)28)36-21(34)30-20/h4-9,14,16,19H,10-11H2,1-3H3,(H,29,30,34)/t14-,16+,19-/m1/s1. The van der Waals surface area contributed by atoms with Gasteiger partial charge in [-0.25, -0.2) is 19.0 Å². The summed E-state index contributed by atoms with van der Waals surface area (Å²) >= 11 is 0. The molecule has 2 aliphatic heterocycles. The molecule has 37 heavy (non-hydrogen) atoms. The molecule has 9 nitrogen and oxygen atoms in total. The Morgan fingerprint density at radius 3 is 2.59 bits per heavy atom. The van der Waals surface area contributed by atoms with Crippen LogP contribution in [0.1, 0.15) is 38.5 Å². The minimum Gasteiger partial charge on any atom is -0.444 e. The van der Waals surface area contributed by atoms with E-state index in [4.69, 9.17) is 4.74 Å². The number of pyridine rings is 1. The van der Waals surface area contributed by atoms with Crippen LogP contribution in [0.2, 0.25) is 0 Å². The Morgan fingerprint density at radius 2 is 1.89 bits per heavy atom. The maximum atomic E-state index is 15.3. The number of nitrogens with one attached hydrogen (secondary N) is 1. The summed E-state index contributed by atoms with van der Waals surface area (Å²) in [6.07, 6.45) is -9.67. The molecule has 1 fully saturated rings. The van der Waals surface area contributed by atoms with Crippen molar-refractivity contribution in [1.29, 1.82) is 0 Å². The third kappa shape index (κ3) is 4.53. The van der Waals surface area contributed by atoms with Crippen molar-refractivity contribution in [2.24, 2.45) is 0 Å². The van der Waals surface area contributed by atoms with Crippen LogP contribution in [0.5, 0.6) is 0 Å². The van der Waals surface area contributed by atoms with Crippen LogP contribution in [0.4, 0.5) is 33.0 Å². The van der Waals surface area contributed by atoms with E-state index in [2.05, 4.69) is 20.1 Å². The third-order valence-electron chi connectivity index (χ3n) is 6.05. The van der Waals surface area contributed by atoms with E-state index in [0.29, 0.717) is 10.9 Å². The number of anilines is 1. The SMILES string of the molecule is CC(C)(C)OC(=O)N1C[C@@H](F)[C@@H](n2nc(-c3ccnc4c3[C@H](C(F)(F)F)OC(=O)N4)c3ccccc32)C1. The Balaban J connectivity index is 1.60. The highest BCUT2D eigenvalue weighted by Gasteiger charge is 2.49. The van der Waals surface area contributed by atoms with E-state index in [1.54, 1.807) is 45.0 Å². The Labute approximate surface area is 208 Å². The molecule has 196 valence electrons. The summed E-state index contributed by atoms with van der Waals surface area (Å²) in [5.74, 6) is -0.296. The highest BCUT2D eigenvalue weighted by molar-refractivity contribution is 5.97. The van der Waals surface area contributed by atoms with Gasteiger partial charge < -0.3 is 14.4 Å². The zero-order chi connectivity index (χ0) is 26.7. The number of carbonyl (C=O) groups excluding carboxylic acids is 2. The van der Waals surface area contributed by atoms with E-state index in [9.17, 15) is 22.8 Å². The molecule has 3 atom stereocenters. The molecule has 5 rings (SSSR count). The molecule has 2 aromatic heterocycles. The second kappa shape index (κ2) is 8.60. The molecule has 0 unspecified atom stereocenters. The van der Waals surface area contributed by atoms with Crippen molar-refractivity contribution in [3.05, 3.63) is 42.1 Å². The van der Waals surface area contributed by atoms with Crippen molar-refractivity contribution in [3.8, 4) is 11.3 Å². The molecular formula is C24H23F4N5O4. The highest BCUT2D eigenvalue weighted by atomic mass is 19.4. The van der Waals surface area contributed by atoms with Crippen molar-refractivity contribution in [2.75, 3.05) is 18.4 Å². The fraction of sp³-hybridized carbons (Fsp3) is 0.417. The zero-order valence-corrected chi connectivity index (χ0v) is 20.0. The number of hydrogen-bond acceptors (Lipinski definition) is 6. The van der Waals surface area contributed by atoms with Crippen molar-refractivity contribution < 1.29 is 36.6 Å². The molecule has 0 bridgehead atoms. The number of halogens is 4. The van der Waals surface area contributed by atoms with Crippen LogP contribution in [-0.2, 0) is 9.47 Å². The van der Waals surface area contributed by atoms with Gasteiger partial charge in [0.05, 0.1) is 17.6 Å². The monoisotopic (exact) mass is 521 g/mol. The van der Waals surface area contributed by atoms with Gasteiger partial charge in [-0.1, -0.05) is 18.2 Å². The summed E-state index contributed by atoms with van der Waals surface area (Å²) in [7, 11) is 0. The van der Waals surface area contributed by atoms with Gasteiger partial charge in [-0.2, -0.15) is 18.3 Å². The lowest BCUT2D eigenvalue weighted by Crippen LogP contribution is -2.35. The fourth-order valence-corrected chi connectivity index (χ4v) is 4.56. The first-order valence-electron chi connectivity index (χ1n) is 11.5. The molecule has 1 saturated heterocycles. The van der Waals surface area contributed by atoms with Gasteiger partial charge in [-0.15, -0.1) is 0 Å². The number of benzene rings is 1. The number of alkyl halides is 4. The Bertz CT molecular complexity index is 1380. The molecule has 3 aromatic rings. The number of para-hydroxylation sites is 1. The normalized spacial score (nSPS) is 22.0. The summed E-state index contributed by atoms with van der Waals surface area (Å²) in [4.78, 5) is 29.4. The number of ether oxygens (including phenoxy) is 2. The summed E-state index contributed by atoms with van der Waals surface area (Å²) < 4.78 is 68.2. The van der Waals surface area contributed by atoms with Gasteiger partial charge in [0.25, 0.3) is 0 Å². The lowest BCUT2D eigenvalue weighted by Gasteiger charge is -2.28. The van der Waals surface area contributed by atoms with Gasteiger partial charge >= 0.3 is 18.4 Å². The number of carbonyl (C=O) groups is 2. The average molecular weight is 521 g/mol. The topological polar surface area (TPSA) is 98.6 Å². The zero-order valence-electron chi connectivity index (χ0n) is 20.0. The molecule has 0 saturated carbocycles. The van der Waals surface area contributed by atoms with Crippen LogP contribution in [0.25, 0.3) is 22.2 Å². The molecule has 0 spiro atoms. The van der Waals surface area contributed by atoms with Gasteiger partial charge in [0, 0.05) is 23.7 Å². The van der Waals surface area contributed by atoms with E-state index < -0.39 is 47.8 Å². The molecule has 1 N–H and O–H groups in total. The summed E-state index contributed by atoms with van der Waals surface area (Å²) in [6.45, 7) is 4.85. The van der Waals surface area contributed by atoms with Crippen LogP contribution in [0.3, 0.4) is 0 Å². The molecule has 4 heterocycles. The summed E-state index contributed by atoms with van der Waals surface area (Å²) in [5, 5.41) is 7.19. The van der Waals surface area contributed by atoms with E-state index in [-0.39, 0.29) is 30.2 Å². The minimum atomic E-state index is -4.91.